The highest BCUT2D eigenvalue weighted by Crippen LogP contribution is 2.03. The molecule has 1 aromatic heterocycles. The Bertz CT molecular complexity index is 309. The summed E-state index contributed by atoms with van der Waals surface area (Å²) in [4.78, 5) is 3.90. The summed E-state index contributed by atoms with van der Waals surface area (Å²) in [6, 6.07) is 1.74. The lowest BCUT2D eigenvalue weighted by Crippen LogP contribution is -1.99. The van der Waals surface area contributed by atoms with Crippen LogP contribution in [-0.4, -0.2) is 23.0 Å². The molecule has 4 nitrogen and oxygen atoms in total. The molecule has 64 valence electrons. The second kappa shape index (κ2) is 3.71. The fourth-order valence-corrected chi connectivity index (χ4v) is 0.880. The summed E-state index contributed by atoms with van der Waals surface area (Å²) < 4.78 is 1.68. The van der Waals surface area contributed by atoms with Crippen LogP contribution in [0, 0.1) is 0 Å². The van der Waals surface area contributed by atoms with Crippen LogP contribution in [0.2, 0.25) is 0 Å². The van der Waals surface area contributed by atoms with Crippen LogP contribution >= 0.6 is 0 Å². The fourth-order valence-electron chi connectivity index (χ4n) is 0.880. The summed E-state index contributed by atoms with van der Waals surface area (Å²) in [5.41, 5.74) is 6.37. The van der Waals surface area contributed by atoms with E-state index in [0.29, 0.717) is 5.82 Å². The van der Waals surface area contributed by atoms with Crippen molar-refractivity contribution in [2.24, 2.45) is 4.99 Å². The van der Waals surface area contributed by atoms with Crippen molar-refractivity contribution >= 4 is 17.7 Å². The standard InChI is InChI=1S/C8H12N4/c1-3-7(6-10-2)12-5-4-8(9)11-12/h3-6H,1-2H3,(H2,9,11)/b7-3+,10-6-. The van der Waals surface area contributed by atoms with Crippen molar-refractivity contribution in [3.63, 3.8) is 0 Å². The molecule has 0 aliphatic heterocycles. The third-order valence-corrected chi connectivity index (χ3v) is 1.43. The first-order valence-corrected chi connectivity index (χ1v) is 3.68. The van der Waals surface area contributed by atoms with E-state index in [1.54, 1.807) is 30.2 Å². The molecule has 0 unspecified atom stereocenters. The van der Waals surface area contributed by atoms with E-state index in [-0.39, 0.29) is 0 Å². The van der Waals surface area contributed by atoms with Crippen molar-refractivity contribution in [3.05, 3.63) is 18.3 Å². The zero-order chi connectivity index (χ0) is 8.97. The van der Waals surface area contributed by atoms with Crippen LogP contribution in [0.15, 0.2) is 23.3 Å². The average Bonchev–Trinajstić information content (AvgIpc) is 2.47. The normalized spacial score (nSPS) is 12.7. The molecule has 0 aliphatic carbocycles. The maximum absolute atomic E-state index is 5.46. The van der Waals surface area contributed by atoms with Crippen molar-refractivity contribution in [1.29, 1.82) is 0 Å². The second-order valence-electron chi connectivity index (χ2n) is 2.29. The SMILES string of the molecule is C/C=C(\C=N/C)n1ccc(N)n1. The minimum Gasteiger partial charge on any atom is -0.382 e. The molecule has 0 fully saturated rings. The Morgan fingerprint density at radius 3 is 2.92 bits per heavy atom. The van der Waals surface area contributed by atoms with E-state index in [1.807, 2.05) is 13.0 Å². The van der Waals surface area contributed by atoms with Gasteiger partial charge < -0.3 is 5.73 Å². The molecule has 0 bridgehead atoms. The molecule has 0 spiro atoms. The Morgan fingerprint density at radius 1 is 1.75 bits per heavy atom. The number of nitrogen functional groups attached to an aromatic ring is 1. The predicted molar refractivity (Wildman–Crippen MR) is 51.0 cm³/mol. The minimum absolute atomic E-state index is 0.513. The molecule has 1 rings (SSSR count). The van der Waals surface area contributed by atoms with Crippen LogP contribution in [0.5, 0.6) is 0 Å². The number of hydrogen-bond acceptors (Lipinski definition) is 3. The topological polar surface area (TPSA) is 56.2 Å². The molecule has 0 saturated carbocycles. The lowest BCUT2D eigenvalue weighted by molar-refractivity contribution is 0.924. The molecule has 0 aromatic carbocycles. The molecule has 4 heteroatoms. The summed E-state index contributed by atoms with van der Waals surface area (Å²) in [5, 5.41) is 4.04. The highest BCUT2D eigenvalue weighted by atomic mass is 15.3. The number of hydrogen-bond donors (Lipinski definition) is 1. The van der Waals surface area contributed by atoms with Gasteiger partial charge in [0.05, 0.1) is 5.70 Å². The number of aromatic nitrogens is 2. The molecule has 1 heterocycles. The molecule has 12 heavy (non-hydrogen) atoms. The number of allylic oxidation sites excluding steroid dienone is 2. The Labute approximate surface area is 71.4 Å². The zero-order valence-corrected chi connectivity index (χ0v) is 7.23. The van der Waals surface area contributed by atoms with Gasteiger partial charge in [-0.15, -0.1) is 0 Å². The van der Waals surface area contributed by atoms with Crippen LogP contribution < -0.4 is 5.73 Å². The maximum Gasteiger partial charge on any atom is 0.145 e. The summed E-state index contributed by atoms with van der Waals surface area (Å²) in [5.74, 6) is 0.513. The van der Waals surface area contributed by atoms with E-state index in [2.05, 4.69) is 10.1 Å². The predicted octanol–water partition coefficient (Wildman–Crippen LogP) is 1.03. The Kier molecular flexibility index (Phi) is 2.63. The summed E-state index contributed by atoms with van der Waals surface area (Å²) in [7, 11) is 1.72. The second-order valence-corrected chi connectivity index (χ2v) is 2.29. The summed E-state index contributed by atoms with van der Waals surface area (Å²) in [6.45, 7) is 1.93. The van der Waals surface area contributed by atoms with Gasteiger partial charge in [-0.25, -0.2) is 4.68 Å². The van der Waals surface area contributed by atoms with Gasteiger partial charge in [-0.05, 0) is 6.92 Å². The summed E-state index contributed by atoms with van der Waals surface area (Å²) in [6.07, 6.45) is 5.44. The molecule has 0 saturated heterocycles. The Balaban J connectivity index is 2.96. The Hall–Kier alpha value is -1.58. The van der Waals surface area contributed by atoms with E-state index >= 15 is 0 Å². The molecule has 0 aliphatic rings. The molecular formula is C8H12N4. The average molecular weight is 164 g/mol. The van der Waals surface area contributed by atoms with E-state index in [0.717, 1.165) is 5.70 Å². The smallest absolute Gasteiger partial charge is 0.145 e. The monoisotopic (exact) mass is 164 g/mol. The van der Waals surface area contributed by atoms with Crippen molar-refractivity contribution in [3.8, 4) is 0 Å². The minimum atomic E-state index is 0.513. The first-order chi connectivity index (χ1) is 5.77. The lowest BCUT2D eigenvalue weighted by Gasteiger charge is -1.98. The van der Waals surface area contributed by atoms with E-state index in [4.69, 9.17) is 5.73 Å². The largest absolute Gasteiger partial charge is 0.382 e. The van der Waals surface area contributed by atoms with Crippen LogP contribution in [0.1, 0.15) is 6.92 Å². The third-order valence-electron chi connectivity index (χ3n) is 1.43. The van der Waals surface area contributed by atoms with Crippen molar-refractivity contribution < 1.29 is 0 Å². The number of rotatable bonds is 2. The van der Waals surface area contributed by atoms with E-state index in [9.17, 15) is 0 Å². The van der Waals surface area contributed by atoms with Gasteiger partial charge in [-0.1, -0.05) is 6.08 Å². The first kappa shape index (κ1) is 8.52. The first-order valence-electron chi connectivity index (χ1n) is 3.68. The maximum atomic E-state index is 5.46. The number of anilines is 1. The van der Waals surface area contributed by atoms with Crippen molar-refractivity contribution in [2.45, 2.75) is 6.92 Å². The third kappa shape index (κ3) is 1.72. The highest BCUT2D eigenvalue weighted by molar-refractivity contribution is 6.01. The van der Waals surface area contributed by atoms with Gasteiger partial charge in [-0.2, -0.15) is 5.10 Å². The zero-order valence-electron chi connectivity index (χ0n) is 7.23. The van der Waals surface area contributed by atoms with Crippen LogP contribution in [0.3, 0.4) is 0 Å². The van der Waals surface area contributed by atoms with Gasteiger partial charge in [0, 0.05) is 25.5 Å². The van der Waals surface area contributed by atoms with Crippen molar-refractivity contribution in [1.82, 2.24) is 9.78 Å². The molecule has 0 atom stereocenters. The summed E-state index contributed by atoms with van der Waals surface area (Å²) >= 11 is 0. The molecule has 0 radical (unpaired) electrons. The fraction of sp³-hybridized carbons (Fsp3) is 0.250. The van der Waals surface area contributed by atoms with Gasteiger partial charge >= 0.3 is 0 Å². The van der Waals surface area contributed by atoms with Gasteiger partial charge in [0.1, 0.15) is 5.82 Å². The molecular weight excluding hydrogens is 152 g/mol. The van der Waals surface area contributed by atoms with Gasteiger partial charge in [0.2, 0.25) is 0 Å². The van der Waals surface area contributed by atoms with Gasteiger partial charge in [-0.3, -0.25) is 4.99 Å². The van der Waals surface area contributed by atoms with E-state index < -0.39 is 0 Å². The van der Waals surface area contributed by atoms with Crippen LogP contribution in [-0.2, 0) is 0 Å². The number of nitrogens with two attached hydrogens (primary N) is 1. The van der Waals surface area contributed by atoms with Crippen molar-refractivity contribution in [2.75, 3.05) is 12.8 Å². The lowest BCUT2D eigenvalue weighted by atomic mass is 10.4. The number of aliphatic imine (C=N–C) groups is 1. The van der Waals surface area contributed by atoms with Gasteiger partial charge in [0.15, 0.2) is 0 Å². The quantitative estimate of drug-likeness (QED) is 0.663. The molecule has 1 aromatic rings. The molecule has 0 amide bonds. The molecule has 2 N–H and O–H groups in total. The van der Waals surface area contributed by atoms with Crippen LogP contribution in [0.4, 0.5) is 5.82 Å². The Morgan fingerprint density at radius 2 is 2.50 bits per heavy atom. The van der Waals surface area contributed by atoms with Crippen LogP contribution in [0.25, 0.3) is 5.70 Å². The van der Waals surface area contributed by atoms with E-state index in [1.165, 1.54) is 0 Å². The van der Waals surface area contributed by atoms with Gasteiger partial charge in [0.25, 0.3) is 0 Å². The highest BCUT2D eigenvalue weighted by Gasteiger charge is 1.96. The number of nitrogens with zero attached hydrogens (tertiary/aromatic N) is 3.